The maximum atomic E-state index is 2.76. The van der Waals surface area contributed by atoms with E-state index in [9.17, 15) is 0 Å². The number of fused-ring (bicyclic) bond motifs is 5. The summed E-state index contributed by atoms with van der Waals surface area (Å²) in [5, 5.41) is 0. The van der Waals surface area contributed by atoms with E-state index in [4.69, 9.17) is 0 Å². The quantitative estimate of drug-likeness (QED) is 0.376. The molecule has 4 rings (SSSR count). The summed E-state index contributed by atoms with van der Waals surface area (Å²) < 4.78 is 0. The molecule has 154 valence electrons. The van der Waals surface area contributed by atoms with Crippen LogP contribution in [0.1, 0.15) is 107 Å². The summed E-state index contributed by atoms with van der Waals surface area (Å²) in [6, 6.07) is 0. The lowest BCUT2D eigenvalue weighted by molar-refractivity contribution is -0.0704. The largest absolute Gasteiger partial charge is 0.0811 e. The third-order valence-corrected chi connectivity index (χ3v) is 10.3. The maximum absolute atomic E-state index is 2.76. The fourth-order valence-electron chi connectivity index (χ4n) is 8.83. The molecule has 0 heterocycles. The van der Waals surface area contributed by atoms with Gasteiger partial charge in [-0.3, -0.25) is 0 Å². The first-order chi connectivity index (χ1) is 12.4. The monoisotopic (exact) mass is 370 g/mol. The molecule has 0 saturated heterocycles. The van der Waals surface area contributed by atoms with Crippen LogP contribution in [0.4, 0.5) is 0 Å². The summed E-state index contributed by atoms with van der Waals surface area (Å²) in [6.45, 7) is 20.2. The highest BCUT2D eigenvalue weighted by molar-refractivity contribution is 5.26. The van der Waals surface area contributed by atoms with Gasteiger partial charge in [0, 0.05) is 0 Å². The second kappa shape index (κ2) is 6.12. The van der Waals surface area contributed by atoms with Crippen LogP contribution in [0.15, 0.2) is 11.6 Å². The summed E-state index contributed by atoms with van der Waals surface area (Å²) in [5.74, 6) is 4.69. The second-order valence-electron chi connectivity index (χ2n) is 13.6. The summed E-state index contributed by atoms with van der Waals surface area (Å²) in [5.41, 5.74) is 3.90. The average molecular weight is 371 g/mol. The van der Waals surface area contributed by atoms with Gasteiger partial charge in [0.2, 0.25) is 0 Å². The molecule has 0 aromatic carbocycles. The SMILES string of the molecule is CC(C)(C)C1C=C2CCC3C(CCC4(C)C3CCC4C(C)(C)C)C2(C)CC1. The van der Waals surface area contributed by atoms with E-state index in [0.717, 1.165) is 29.6 Å². The van der Waals surface area contributed by atoms with Crippen LogP contribution in [0.5, 0.6) is 0 Å². The molecule has 3 saturated carbocycles. The van der Waals surface area contributed by atoms with E-state index in [0.29, 0.717) is 21.7 Å². The Balaban J connectivity index is 1.62. The molecule has 0 spiro atoms. The fraction of sp³-hybridized carbons (Fsp3) is 0.926. The molecule has 0 amide bonds. The van der Waals surface area contributed by atoms with Crippen LogP contribution >= 0.6 is 0 Å². The zero-order valence-corrected chi connectivity index (χ0v) is 19.6. The first kappa shape index (κ1) is 20.0. The number of hydrogen-bond acceptors (Lipinski definition) is 0. The van der Waals surface area contributed by atoms with Gasteiger partial charge in [-0.2, -0.15) is 0 Å². The van der Waals surface area contributed by atoms with Gasteiger partial charge >= 0.3 is 0 Å². The number of hydrogen-bond donors (Lipinski definition) is 0. The second-order valence-corrected chi connectivity index (χ2v) is 13.6. The zero-order chi connectivity index (χ0) is 19.8. The third kappa shape index (κ3) is 2.98. The molecule has 0 heteroatoms. The summed E-state index contributed by atoms with van der Waals surface area (Å²) in [4.78, 5) is 0. The predicted molar refractivity (Wildman–Crippen MR) is 118 cm³/mol. The molecule has 0 bridgehead atoms. The van der Waals surface area contributed by atoms with Crippen molar-refractivity contribution in [2.75, 3.05) is 0 Å². The van der Waals surface area contributed by atoms with Gasteiger partial charge in [0.15, 0.2) is 0 Å². The Labute approximate surface area is 170 Å². The van der Waals surface area contributed by atoms with Gasteiger partial charge in [-0.25, -0.2) is 0 Å². The highest BCUT2D eigenvalue weighted by Crippen LogP contribution is 2.69. The zero-order valence-electron chi connectivity index (χ0n) is 19.6. The van der Waals surface area contributed by atoms with Crippen molar-refractivity contribution in [2.45, 2.75) is 107 Å². The van der Waals surface area contributed by atoms with Crippen molar-refractivity contribution in [1.29, 1.82) is 0 Å². The van der Waals surface area contributed by atoms with Crippen molar-refractivity contribution in [1.82, 2.24) is 0 Å². The van der Waals surface area contributed by atoms with Gasteiger partial charge in [-0.15, -0.1) is 0 Å². The fourth-order valence-corrected chi connectivity index (χ4v) is 8.83. The minimum Gasteiger partial charge on any atom is -0.0811 e. The van der Waals surface area contributed by atoms with Crippen molar-refractivity contribution in [3.8, 4) is 0 Å². The molecule has 4 aliphatic carbocycles. The average Bonchev–Trinajstić information content (AvgIpc) is 2.90. The van der Waals surface area contributed by atoms with Crippen LogP contribution in [0, 0.1) is 51.2 Å². The minimum atomic E-state index is 0.432. The van der Waals surface area contributed by atoms with Crippen LogP contribution in [0.3, 0.4) is 0 Å². The van der Waals surface area contributed by atoms with Crippen molar-refractivity contribution in [3.05, 3.63) is 11.6 Å². The van der Waals surface area contributed by atoms with Crippen molar-refractivity contribution in [3.63, 3.8) is 0 Å². The molecule has 7 atom stereocenters. The van der Waals surface area contributed by atoms with Crippen LogP contribution in [0.25, 0.3) is 0 Å². The van der Waals surface area contributed by atoms with E-state index >= 15 is 0 Å². The Morgan fingerprint density at radius 1 is 0.778 bits per heavy atom. The topological polar surface area (TPSA) is 0 Å². The maximum Gasteiger partial charge on any atom is -0.00851 e. The first-order valence-electron chi connectivity index (χ1n) is 12.1. The lowest BCUT2D eigenvalue weighted by Gasteiger charge is -2.60. The van der Waals surface area contributed by atoms with E-state index in [2.05, 4.69) is 61.5 Å². The van der Waals surface area contributed by atoms with Crippen molar-refractivity contribution in [2.24, 2.45) is 51.2 Å². The van der Waals surface area contributed by atoms with Crippen LogP contribution < -0.4 is 0 Å². The third-order valence-electron chi connectivity index (χ3n) is 10.3. The number of rotatable bonds is 0. The van der Waals surface area contributed by atoms with Gasteiger partial charge in [0.25, 0.3) is 0 Å². The Morgan fingerprint density at radius 2 is 1.48 bits per heavy atom. The molecular weight excluding hydrogens is 324 g/mol. The van der Waals surface area contributed by atoms with E-state index in [1.54, 1.807) is 0 Å². The predicted octanol–water partition coefficient (Wildman–Crippen LogP) is 8.27. The van der Waals surface area contributed by atoms with Crippen molar-refractivity contribution < 1.29 is 0 Å². The Hall–Kier alpha value is -0.260. The van der Waals surface area contributed by atoms with Crippen LogP contribution in [0.2, 0.25) is 0 Å². The Morgan fingerprint density at radius 3 is 2.11 bits per heavy atom. The summed E-state index contributed by atoms with van der Waals surface area (Å²) in [6.07, 6.45) is 14.5. The molecule has 7 unspecified atom stereocenters. The molecule has 0 radical (unpaired) electrons. The van der Waals surface area contributed by atoms with E-state index in [1.165, 1.54) is 51.4 Å². The molecule has 27 heavy (non-hydrogen) atoms. The lowest BCUT2D eigenvalue weighted by Crippen LogP contribution is -2.51. The van der Waals surface area contributed by atoms with Crippen LogP contribution in [-0.2, 0) is 0 Å². The normalized spacial score (nSPS) is 47.7. The molecule has 0 N–H and O–H groups in total. The van der Waals surface area contributed by atoms with E-state index < -0.39 is 0 Å². The molecular formula is C27H46. The van der Waals surface area contributed by atoms with Crippen molar-refractivity contribution >= 4 is 0 Å². The van der Waals surface area contributed by atoms with Gasteiger partial charge < -0.3 is 0 Å². The summed E-state index contributed by atoms with van der Waals surface area (Å²) >= 11 is 0. The standard InChI is InChI=1S/C27H46/c1-24(2,3)18-13-15-26(7)19(17-18)9-10-20-21-11-12-23(25(4,5)6)27(21,8)16-14-22(20)26/h17-18,20-23H,9-16H2,1-8H3. The highest BCUT2D eigenvalue weighted by atomic mass is 14.6. The van der Waals surface area contributed by atoms with Gasteiger partial charge in [-0.1, -0.05) is 67.0 Å². The van der Waals surface area contributed by atoms with Gasteiger partial charge in [-0.05, 0) is 103 Å². The molecule has 3 fully saturated rings. The highest BCUT2D eigenvalue weighted by Gasteiger charge is 2.60. The number of allylic oxidation sites excluding steroid dienone is 2. The van der Waals surface area contributed by atoms with E-state index in [1.807, 2.05) is 5.57 Å². The van der Waals surface area contributed by atoms with Gasteiger partial charge in [0.05, 0.1) is 0 Å². The Kier molecular flexibility index (Phi) is 4.54. The van der Waals surface area contributed by atoms with E-state index in [-0.39, 0.29) is 0 Å². The lowest BCUT2D eigenvalue weighted by atomic mass is 9.45. The Bertz CT molecular complexity index is 611. The minimum absolute atomic E-state index is 0.432. The molecule has 4 aliphatic rings. The molecule has 0 aliphatic heterocycles. The molecule has 0 aromatic rings. The smallest absolute Gasteiger partial charge is 0.00851 e. The summed E-state index contributed by atoms with van der Waals surface area (Å²) in [7, 11) is 0. The van der Waals surface area contributed by atoms with Crippen LogP contribution in [-0.4, -0.2) is 0 Å². The molecule has 0 aromatic heterocycles. The molecule has 0 nitrogen and oxygen atoms in total. The van der Waals surface area contributed by atoms with Gasteiger partial charge in [0.1, 0.15) is 0 Å². The first-order valence-corrected chi connectivity index (χ1v) is 12.1.